The van der Waals surface area contributed by atoms with Crippen molar-refractivity contribution in [1.29, 1.82) is 0 Å². The summed E-state index contributed by atoms with van der Waals surface area (Å²) in [4.78, 5) is 0. The van der Waals surface area contributed by atoms with Crippen molar-refractivity contribution in [3.8, 4) is 0 Å². The molecule has 1 aromatic carbocycles. The fraction of sp³-hybridized carbons (Fsp3) is 0.647. The van der Waals surface area contributed by atoms with Crippen LogP contribution in [-0.4, -0.2) is 25.7 Å². The Bertz CT molecular complexity index is 377. The van der Waals surface area contributed by atoms with E-state index in [9.17, 15) is 0 Å². The van der Waals surface area contributed by atoms with Crippen LogP contribution in [0.25, 0.3) is 0 Å². The summed E-state index contributed by atoms with van der Waals surface area (Å²) >= 11 is 0. The van der Waals surface area contributed by atoms with Gasteiger partial charge >= 0.3 is 0 Å². The highest BCUT2D eigenvalue weighted by molar-refractivity contribution is 5.28. The molecular weight excluding hydrogens is 232 g/mol. The van der Waals surface area contributed by atoms with Gasteiger partial charge in [-0.3, -0.25) is 0 Å². The summed E-state index contributed by atoms with van der Waals surface area (Å²) in [5.41, 5.74) is 3.08. The van der Waals surface area contributed by atoms with Crippen LogP contribution in [0, 0.1) is 0 Å². The molecule has 0 unspecified atom stereocenters. The first-order chi connectivity index (χ1) is 8.80. The van der Waals surface area contributed by atoms with Crippen molar-refractivity contribution in [3.63, 3.8) is 0 Å². The molecule has 0 spiro atoms. The minimum absolute atomic E-state index is 0.120. The second kappa shape index (κ2) is 6.53. The van der Waals surface area contributed by atoms with Crippen molar-refractivity contribution in [2.24, 2.45) is 0 Å². The summed E-state index contributed by atoms with van der Waals surface area (Å²) in [6.07, 6.45) is 1.11. The highest BCUT2D eigenvalue weighted by Crippen LogP contribution is 2.23. The van der Waals surface area contributed by atoms with Crippen LogP contribution in [0.1, 0.15) is 45.7 Å². The Balaban J connectivity index is 2.69. The van der Waals surface area contributed by atoms with Crippen LogP contribution < -0.4 is 10.6 Å². The lowest BCUT2D eigenvalue weighted by Gasteiger charge is -2.33. The van der Waals surface area contributed by atoms with E-state index in [2.05, 4.69) is 69.5 Å². The van der Waals surface area contributed by atoms with Crippen LogP contribution in [0.15, 0.2) is 24.3 Å². The van der Waals surface area contributed by atoms with Crippen LogP contribution >= 0.6 is 0 Å². The molecule has 19 heavy (non-hydrogen) atoms. The minimum Gasteiger partial charge on any atom is -0.318 e. The minimum atomic E-state index is 0.120. The number of benzene rings is 1. The molecule has 1 rings (SSSR count). The third kappa shape index (κ3) is 4.96. The molecule has 2 N–H and O–H groups in total. The quantitative estimate of drug-likeness (QED) is 0.789. The van der Waals surface area contributed by atoms with Crippen LogP contribution in [0.3, 0.4) is 0 Å². The second-order valence-corrected chi connectivity index (χ2v) is 6.70. The first-order valence-corrected chi connectivity index (χ1v) is 7.30. The second-order valence-electron chi connectivity index (χ2n) is 6.70. The van der Waals surface area contributed by atoms with Crippen molar-refractivity contribution in [1.82, 2.24) is 10.6 Å². The largest absolute Gasteiger partial charge is 0.318 e. The third-order valence-electron chi connectivity index (χ3n) is 3.77. The van der Waals surface area contributed by atoms with Gasteiger partial charge in [0.15, 0.2) is 0 Å². The molecule has 0 amide bonds. The van der Waals surface area contributed by atoms with Crippen LogP contribution in [-0.2, 0) is 11.8 Å². The van der Waals surface area contributed by atoms with Gasteiger partial charge in [-0.1, -0.05) is 45.0 Å². The first kappa shape index (κ1) is 16.2. The number of nitrogens with one attached hydrogen (secondary N) is 2. The van der Waals surface area contributed by atoms with Gasteiger partial charge in [0.05, 0.1) is 0 Å². The molecule has 0 atom stereocenters. The summed E-state index contributed by atoms with van der Waals surface area (Å²) in [5.74, 6) is 0. The van der Waals surface area contributed by atoms with Gasteiger partial charge in [0.1, 0.15) is 0 Å². The fourth-order valence-corrected chi connectivity index (χ4v) is 2.26. The molecule has 108 valence electrons. The molecule has 2 heteroatoms. The van der Waals surface area contributed by atoms with Crippen LogP contribution in [0.2, 0.25) is 0 Å². The summed E-state index contributed by atoms with van der Waals surface area (Å²) < 4.78 is 0. The number of rotatable bonds is 7. The lowest BCUT2D eigenvalue weighted by Crippen LogP contribution is -2.50. The fourth-order valence-electron chi connectivity index (χ4n) is 2.26. The first-order valence-electron chi connectivity index (χ1n) is 7.30. The molecule has 0 fully saturated rings. The van der Waals surface area contributed by atoms with Crippen LogP contribution in [0.5, 0.6) is 0 Å². The highest BCUT2D eigenvalue weighted by Gasteiger charge is 2.24. The average Bonchev–Trinajstić information content (AvgIpc) is 2.37. The molecule has 0 bridgehead atoms. The molecule has 0 saturated carbocycles. The van der Waals surface area contributed by atoms with Gasteiger partial charge in [-0.2, -0.15) is 0 Å². The molecule has 0 heterocycles. The van der Waals surface area contributed by atoms with E-state index in [1.165, 1.54) is 11.1 Å². The van der Waals surface area contributed by atoms with Gasteiger partial charge < -0.3 is 10.6 Å². The molecule has 2 nitrogen and oxygen atoms in total. The van der Waals surface area contributed by atoms with Gasteiger partial charge in [-0.25, -0.2) is 0 Å². The van der Waals surface area contributed by atoms with E-state index in [1.807, 2.05) is 7.05 Å². The molecular formula is C17H30N2. The Labute approximate surface area is 119 Å². The molecule has 0 aliphatic carbocycles. The van der Waals surface area contributed by atoms with Crippen molar-refractivity contribution in [2.45, 2.75) is 52.0 Å². The van der Waals surface area contributed by atoms with Gasteiger partial charge in [0, 0.05) is 24.0 Å². The predicted octanol–water partition coefficient (Wildman–Crippen LogP) is 3.11. The Hall–Kier alpha value is -0.860. The van der Waals surface area contributed by atoms with Gasteiger partial charge in [0.2, 0.25) is 0 Å². The van der Waals surface area contributed by atoms with Crippen molar-refractivity contribution >= 4 is 0 Å². The van der Waals surface area contributed by atoms with Crippen molar-refractivity contribution in [2.75, 3.05) is 20.1 Å². The van der Waals surface area contributed by atoms with E-state index in [0.717, 1.165) is 19.5 Å². The summed E-state index contributed by atoms with van der Waals surface area (Å²) in [7, 11) is 2.00. The average molecular weight is 262 g/mol. The van der Waals surface area contributed by atoms with Gasteiger partial charge in [-0.15, -0.1) is 0 Å². The molecule has 0 radical (unpaired) electrons. The standard InChI is InChI=1S/C17H30N2/c1-7-14-8-10-15(11-9-14)16(2,3)12-19-17(4,5)13-18-6/h8-11,18-19H,7,12-13H2,1-6H3. The lowest BCUT2D eigenvalue weighted by atomic mass is 9.83. The van der Waals surface area contributed by atoms with Crippen molar-refractivity contribution in [3.05, 3.63) is 35.4 Å². The maximum absolute atomic E-state index is 3.66. The van der Waals surface area contributed by atoms with E-state index in [4.69, 9.17) is 0 Å². The zero-order chi connectivity index (χ0) is 14.5. The zero-order valence-electron chi connectivity index (χ0n) is 13.4. The Morgan fingerprint density at radius 1 is 0.947 bits per heavy atom. The topological polar surface area (TPSA) is 24.1 Å². The number of aryl methyl sites for hydroxylation is 1. The summed E-state index contributed by atoms with van der Waals surface area (Å²) in [6.45, 7) is 13.2. The summed E-state index contributed by atoms with van der Waals surface area (Å²) in [5, 5.41) is 6.90. The third-order valence-corrected chi connectivity index (χ3v) is 3.77. The maximum Gasteiger partial charge on any atom is 0.0249 e. The summed E-state index contributed by atoms with van der Waals surface area (Å²) in [6, 6.07) is 9.03. The monoisotopic (exact) mass is 262 g/mol. The van der Waals surface area contributed by atoms with Crippen LogP contribution in [0.4, 0.5) is 0 Å². The van der Waals surface area contributed by atoms with Crippen molar-refractivity contribution < 1.29 is 0 Å². The Morgan fingerprint density at radius 3 is 2.00 bits per heavy atom. The molecule has 1 aromatic rings. The highest BCUT2D eigenvalue weighted by atomic mass is 15.0. The SMILES string of the molecule is CCc1ccc(C(C)(C)CNC(C)(C)CNC)cc1. The predicted molar refractivity (Wildman–Crippen MR) is 84.9 cm³/mol. The lowest BCUT2D eigenvalue weighted by molar-refractivity contribution is 0.332. The number of hydrogen-bond donors (Lipinski definition) is 2. The molecule has 0 aromatic heterocycles. The molecule has 0 aliphatic rings. The normalized spacial score (nSPS) is 12.7. The number of likely N-dealkylation sites (N-methyl/N-ethyl adjacent to an activating group) is 1. The zero-order valence-corrected chi connectivity index (χ0v) is 13.4. The maximum atomic E-state index is 3.66. The van der Waals surface area contributed by atoms with E-state index in [1.54, 1.807) is 0 Å². The molecule has 0 saturated heterocycles. The Kier molecular flexibility index (Phi) is 5.57. The van der Waals surface area contributed by atoms with Gasteiger partial charge in [0.25, 0.3) is 0 Å². The molecule has 0 aliphatic heterocycles. The number of hydrogen-bond acceptors (Lipinski definition) is 2. The smallest absolute Gasteiger partial charge is 0.0249 e. The van der Waals surface area contributed by atoms with E-state index in [0.29, 0.717) is 0 Å². The Morgan fingerprint density at radius 2 is 1.53 bits per heavy atom. The van der Waals surface area contributed by atoms with E-state index in [-0.39, 0.29) is 11.0 Å². The van der Waals surface area contributed by atoms with E-state index < -0.39 is 0 Å². The van der Waals surface area contributed by atoms with Gasteiger partial charge in [-0.05, 0) is 38.4 Å². The van der Waals surface area contributed by atoms with E-state index >= 15 is 0 Å².